The molecule has 2 amide bonds. The molecule has 0 atom stereocenters. The molecule has 2 N–H and O–H groups in total. The van der Waals surface area contributed by atoms with E-state index in [1.54, 1.807) is 50.5 Å². The average Bonchev–Trinajstić information content (AvgIpc) is 2.52. The Labute approximate surface area is 128 Å². The van der Waals surface area contributed by atoms with Crippen molar-refractivity contribution < 1.29 is 9.18 Å². The molecular weight excluding hydrogens is 283 g/mol. The van der Waals surface area contributed by atoms with Gasteiger partial charge in [0.15, 0.2) is 5.82 Å². The molecule has 0 unspecified atom stereocenters. The van der Waals surface area contributed by atoms with Gasteiger partial charge in [0.25, 0.3) is 0 Å². The highest BCUT2D eigenvalue weighted by atomic mass is 19.1. The number of carbonyl (C=O) groups is 1. The van der Waals surface area contributed by atoms with Crippen molar-refractivity contribution in [3.63, 3.8) is 0 Å². The molecule has 1 aromatic carbocycles. The SMILES string of the molecule is CCNC(=O)NC=Nc1c(C)ccc(-c2cccnc2)c1F. The molecule has 0 radical (unpaired) electrons. The number of carbonyl (C=O) groups excluding carboxylic acids is 1. The maximum Gasteiger partial charge on any atom is 0.319 e. The summed E-state index contributed by atoms with van der Waals surface area (Å²) in [6, 6.07) is 6.62. The summed E-state index contributed by atoms with van der Waals surface area (Å²) in [7, 11) is 0. The number of hydrogen-bond acceptors (Lipinski definition) is 3. The third kappa shape index (κ3) is 3.66. The van der Waals surface area contributed by atoms with Crippen molar-refractivity contribution in [1.29, 1.82) is 0 Å². The van der Waals surface area contributed by atoms with Crippen LogP contribution in [0.3, 0.4) is 0 Å². The number of amides is 2. The average molecular weight is 300 g/mol. The van der Waals surface area contributed by atoms with E-state index in [0.717, 1.165) is 0 Å². The maximum atomic E-state index is 14.6. The zero-order valence-corrected chi connectivity index (χ0v) is 12.4. The number of pyridine rings is 1. The van der Waals surface area contributed by atoms with E-state index in [9.17, 15) is 9.18 Å². The second-order valence-corrected chi connectivity index (χ2v) is 4.60. The van der Waals surface area contributed by atoms with Crippen LogP contribution in [0.2, 0.25) is 0 Å². The van der Waals surface area contributed by atoms with Crippen LogP contribution in [0.15, 0.2) is 41.7 Å². The fourth-order valence-electron chi connectivity index (χ4n) is 1.93. The summed E-state index contributed by atoms with van der Waals surface area (Å²) >= 11 is 0. The molecule has 22 heavy (non-hydrogen) atoms. The van der Waals surface area contributed by atoms with Crippen molar-refractivity contribution in [2.45, 2.75) is 13.8 Å². The van der Waals surface area contributed by atoms with Gasteiger partial charge in [0, 0.05) is 30.1 Å². The Kier molecular flexibility index (Phi) is 5.19. The molecule has 1 aromatic heterocycles. The Morgan fingerprint density at radius 1 is 1.41 bits per heavy atom. The van der Waals surface area contributed by atoms with Crippen LogP contribution in [0.4, 0.5) is 14.9 Å². The topological polar surface area (TPSA) is 66.4 Å². The van der Waals surface area contributed by atoms with Crippen LogP contribution >= 0.6 is 0 Å². The van der Waals surface area contributed by atoms with E-state index in [4.69, 9.17) is 0 Å². The van der Waals surface area contributed by atoms with Crippen molar-refractivity contribution in [3.05, 3.63) is 48.0 Å². The fourth-order valence-corrected chi connectivity index (χ4v) is 1.93. The van der Waals surface area contributed by atoms with E-state index in [-0.39, 0.29) is 11.7 Å². The predicted octanol–water partition coefficient (Wildman–Crippen LogP) is 3.18. The molecule has 0 aliphatic carbocycles. The van der Waals surface area contributed by atoms with Crippen LogP contribution in [0, 0.1) is 12.7 Å². The van der Waals surface area contributed by atoms with Crippen LogP contribution < -0.4 is 10.6 Å². The van der Waals surface area contributed by atoms with Gasteiger partial charge in [-0.1, -0.05) is 18.2 Å². The molecule has 5 nitrogen and oxygen atoms in total. The third-order valence-electron chi connectivity index (χ3n) is 3.02. The number of hydrogen-bond donors (Lipinski definition) is 2. The summed E-state index contributed by atoms with van der Waals surface area (Å²) < 4.78 is 14.6. The van der Waals surface area contributed by atoms with Gasteiger partial charge in [-0.25, -0.2) is 14.2 Å². The van der Waals surface area contributed by atoms with Crippen LogP contribution in [0.25, 0.3) is 11.1 Å². The van der Waals surface area contributed by atoms with Gasteiger partial charge in [-0.05, 0) is 25.5 Å². The summed E-state index contributed by atoms with van der Waals surface area (Å²) in [5.41, 5.74) is 1.97. The van der Waals surface area contributed by atoms with E-state index in [2.05, 4.69) is 20.6 Å². The van der Waals surface area contributed by atoms with Crippen molar-refractivity contribution in [2.75, 3.05) is 6.54 Å². The molecule has 114 valence electrons. The number of aromatic nitrogens is 1. The van der Waals surface area contributed by atoms with Crippen molar-refractivity contribution in [2.24, 2.45) is 4.99 Å². The number of nitrogens with one attached hydrogen (secondary N) is 2. The zero-order chi connectivity index (χ0) is 15.9. The number of rotatable bonds is 4. The standard InChI is InChI=1S/C16H17FN4O/c1-3-19-16(22)21-10-20-15-11(2)6-7-13(14(15)17)12-5-4-8-18-9-12/h4-10H,3H2,1-2H3,(H2,19,20,21,22). The van der Waals surface area contributed by atoms with E-state index in [0.29, 0.717) is 23.2 Å². The minimum Gasteiger partial charge on any atom is -0.338 e. The highest BCUT2D eigenvalue weighted by Crippen LogP contribution is 2.31. The highest BCUT2D eigenvalue weighted by Gasteiger charge is 2.12. The van der Waals surface area contributed by atoms with E-state index >= 15 is 0 Å². The van der Waals surface area contributed by atoms with Crippen LogP contribution in [0.1, 0.15) is 12.5 Å². The summed E-state index contributed by atoms with van der Waals surface area (Å²) in [5, 5.41) is 4.98. The summed E-state index contributed by atoms with van der Waals surface area (Å²) in [6.45, 7) is 4.07. The quantitative estimate of drug-likeness (QED) is 0.672. The lowest BCUT2D eigenvalue weighted by Crippen LogP contribution is -2.34. The molecule has 0 saturated carbocycles. The Morgan fingerprint density at radius 3 is 2.91 bits per heavy atom. The lowest BCUT2D eigenvalue weighted by atomic mass is 10.0. The maximum absolute atomic E-state index is 14.6. The number of benzene rings is 1. The zero-order valence-electron chi connectivity index (χ0n) is 12.4. The first-order valence-corrected chi connectivity index (χ1v) is 6.90. The molecule has 0 bridgehead atoms. The van der Waals surface area contributed by atoms with Gasteiger partial charge in [-0.3, -0.25) is 10.3 Å². The van der Waals surface area contributed by atoms with Gasteiger partial charge in [-0.2, -0.15) is 0 Å². The minimum atomic E-state index is -0.443. The predicted molar refractivity (Wildman–Crippen MR) is 84.7 cm³/mol. The Morgan fingerprint density at radius 2 is 2.23 bits per heavy atom. The van der Waals surface area contributed by atoms with Gasteiger partial charge in [-0.15, -0.1) is 0 Å². The van der Waals surface area contributed by atoms with E-state index in [1.807, 2.05) is 0 Å². The highest BCUT2D eigenvalue weighted by molar-refractivity contribution is 5.87. The number of urea groups is 1. The molecule has 0 aliphatic rings. The smallest absolute Gasteiger partial charge is 0.319 e. The molecule has 0 fully saturated rings. The molecule has 2 aromatic rings. The third-order valence-corrected chi connectivity index (χ3v) is 3.02. The second kappa shape index (κ2) is 7.31. The summed E-state index contributed by atoms with van der Waals surface area (Å²) in [5.74, 6) is -0.443. The summed E-state index contributed by atoms with van der Waals surface area (Å²) in [4.78, 5) is 19.3. The summed E-state index contributed by atoms with van der Waals surface area (Å²) in [6.07, 6.45) is 4.41. The van der Waals surface area contributed by atoms with Gasteiger partial charge in [0.1, 0.15) is 5.69 Å². The number of halogens is 1. The first-order chi connectivity index (χ1) is 10.6. The van der Waals surface area contributed by atoms with Gasteiger partial charge >= 0.3 is 6.03 Å². The molecule has 6 heteroatoms. The lowest BCUT2D eigenvalue weighted by molar-refractivity contribution is 0.246. The van der Waals surface area contributed by atoms with E-state index < -0.39 is 5.82 Å². The van der Waals surface area contributed by atoms with Crippen molar-refractivity contribution in [3.8, 4) is 11.1 Å². The van der Waals surface area contributed by atoms with Gasteiger partial charge in [0.05, 0.1) is 6.34 Å². The van der Waals surface area contributed by atoms with Crippen LogP contribution in [0.5, 0.6) is 0 Å². The molecule has 0 saturated heterocycles. The Balaban J connectivity index is 2.28. The number of aliphatic imine (C=N–C) groups is 1. The monoisotopic (exact) mass is 300 g/mol. The van der Waals surface area contributed by atoms with Crippen molar-refractivity contribution >= 4 is 18.1 Å². The molecule has 0 spiro atoms. The number of aryl methyl sites for hydroxylation is 1. The van der Waals surface area contributed by atoms with Gasteiger partial charge < -0.3 is 5.32 Å². The molecule has 0 aliphatic heterocycles. The first-order valence-electron chi connectivity index (χ1n) is 6.90. The first kappa shape index (κ1) is 15.6. The van der Waals surface area contributed by atoms with Crippen LogP contribution in [-0.4, -0.2) is 23.9 Å². The molecule has 2 rings (SSSR count). The van der Waals surface area contributed by atoms with Gasteiger partial charge in [0.2, 0.25) is 0 Å². The Bertz CT molecular complexity index is 686. The normalized spacial score (nSPS) is 10.7. The fraction of sp³-hybridized carbons (Fsp3) is 0.188. The second-order valence-electron chi connectivity index (χ2n) is 4.60. The lowest BCUT2D eigenvalue weighted by Gasteiger charge is -2.08. The molecule has 1 heterocycles. The minimum absolute atomic E-state index is 0.193. The van der Waals surface area contributed by atoms with Crippen molar-refractivity contribution in [1.82, 2.24) is 15.6 Å². The number of nitrogens with zero attached hydrogens (tertiary/aromatic N) is 2. The van der Waals surface area contributed by atoms with E-state index in [1.165, 1.54) is 6.34 Å². The molecular formula is C16H17FN4O. The largest absolute Gasteiger partial charge is 0.338 e. The van der Waals surface area contributed by atoms with Crippen LogP contribution in [-0.2, 0) is 0 Å². The Hall–Kier alpha value is -2.76.